The van der Waals surface area contributed by atoms with Gasteiger partial charge in [-0.3, -0.25) is 0 Å². The zero-order valence-corrected chi connectivity index (χ0v) is 12.0. The van der Waals surface area contributed by atoms with Gasteiger partial charge in [-0.1, -0.05) is 26.7 Å². The monoisotopic (exact) mass is 266 g/mol. The van der Waals surface area contributed by atoms with Crippen molar-refractivity contribution in [2.45, 2.75) is 45.6 Å². The molecule has 2 rings (SSSR count). The molecule has 19 heavy (non-hydrogen) atoms. The summed E-state index contributed by atoms with van der Waals surface area (Å²) >= 11 is 0. The van der Waals surface area contributed by atoms with Crippen LogP contribution in [0.25, 0.3) is 0 Å². The molecule has 0 saturated heterocycles. The highest BCUT2D eigenvalue weighted by Crippen LogP contribution is 2.29. The van der Waals surface area contributed by atoms with Crippen LogP contribution in [0, 0.1) is 11.7 Å². The van der Waals surface area contributed by atoms with Gasteiger partial charge in [0, 0.05) is 19.6 Å². The molecule has 1 saturated carbocycles. The van der Waals surface area contributed by atoms with Crippen molar-refractivity contribution in [3.63, 3.8) is 0 Å². The third-order valence-corrected chi connectivity index (χ3v) is 3.55. The first-order valence-corrected chi connectivity index (χ1v) is 7.08. The van der Waals surface area contributed by atoms with Crippen LogP contribution >= 0.6 is 0 Å². The molecule has 1 heterocycles. The van der Waals surface area contributed by atoms with Crippen molar-refractivity contribution in [1.29, 1.82) is 0 Å². The predicted octanol–water partition coefficient (Wildman–Crippen LogP) is 3.06. The van der Waals surface area contributed by atoms with Crippen LogP contribution in [0.2, 0.25) is 0 Å². The van der Waals surface area contributed by atoms with Crippen LogP contribution in [0.15, 0.2) is 6.20 Å². The minimum atomic E-state index is -0.327. The maximum atomic E-state index is 14.1. The van der Waals surface area contributed by atoms with Gasteiger partial charge in [0.05, 0.1) is 6.20 Å². The maximum absolute atomic E-state index is 14.1. The predicted molar refractivity (Wildman–Crippen MR) is 76.0 cm³/mol. The summed E-state index contributed by atoms with van der Waals surface area (Å²) in [7, 11) is 1.75. The first kappa shape index (κ1) is 14.0. The van der Waals surface area contributed by atoms with Gasteiger partial charge < -0.3 is 10.2 Å². The summed E-state index contributed by atoms with van der Waals surface area (Å²) in [5, 5.41) is 2.88. The summed E-state index contributed by atoms with van der Waals surface area (Å²) in [6, 6.07) is 0.413. The molecule has 1 fully saturated rings. The minimum absolute atomic E-state index is 0.327. The Labute approximate surface area is 114 Å². The molecule has 1 aliphatic carbocycles. The van der Waals surface area contributed by atoms with E-state index in [1.54, 1.807) is 7.05 Å². The molecule has 1 aromatic rings. The van der Waals surface area contributed by atoms with E-state index in [2.05, 4.69) is 34.0 Å². The Morgan fingerprint density at radius 1 is 1.42 bits per heavy atom. The summed E-state index contributed by atoms with van der Waals surface area (Å²) < 4.78 is 14.1. The van der Waals surface area contributed by atoms with Crippen LogP contribution in [0.5, 0.6) is 0 Å². The molecule has 0 unspecified atom stereocenters. The van der Waals surface area contributed by atoms with E-state index < -0.39 is 0 Å². The molecule has 0 amide bonds. The molecule has 5 heteroatoms. The molecule has 0 bridgehead atoms. The second-order valence-electron chi connectivity index (χ2n) is 5.60. The number of nitrogens with one attached hydrogen (secondary N) is 1. The van der Waals surface area contributed by atoms with E-state index in [-0.39, 0.29) is 5.82 Å². The highest BCUT2D eigenvalue weighted by atomic mass is 19.1. The van der Waals surface area contributed by atoms with Crippen molar-refractivity contribution in [2.24, 2.45) is 5.92 Å². The van der Waals surface area contributed by atoms with Crippen molar-refractivity contribution in [1.82, 2.24) is 9.97 Å². The second-order valence-corrected chi connectivity index (χ2v) is 5.60. The highest BCUT2D eigenvalue weighted by molar-refractivity contribution is 5.45. The van der Waals surface area contributed by atoms with Crippen molar-refractivity contribution < 1.29 is 4.39 Å². The van der Waals surface area contributed by atoms with Gasteiger partial charge in [-0.05, 0) is 18.8 Å². The van der Waals surface area contributed by atoms with Gasteiger partial charge >= 0.3 is 0 Å². The van der Waals surface area contributed by atoms with E-state index in [9.17, 15) is 4.39 Å². The van der Waals surface area contributed by atoms with Crippen molar-refractivity contribution in [3.8, 4) is 0 Å². The van der Waals surface area contributed by atoms with Crippen LogP contribution in [-0.2, 0) is 0 Å². The lowest BCUT2D eigenvalue weighted by Crippen LogP contribution is -2.37. The standard InChI is InChI=1S/C14H23FN4/c1-10(2)9-19(11-6-4-5-7-11)13-12(15)8-17-14(16-3)18-13/h8,10-11H,4-7,9H2,1-3H3,(H,16,17,18). The Hall–Kier alpha value is -1.39. The molecule has 0 atom stereocenters. The van der Waals surface area contributed by atoms with E-state index >= 15 is 0 Å². The van der Waals surface area contributed by atoms with Crippen molar-refractivity contribution in [2.75, 3.05) is 23.8 Å². The number of hydrogen-bond donors (Lipinski definition) is 1. The van der Waals surface area contributed by atoms with Gasteiger partial charge in [-0.2, -0.15) is 4.98 Å². The number of anilines is 2. The fourth-order valence-electron chi connectivity index (χ4n) is 2.70. The molecule has 1 aliphatic rings. The summed E-state index contributed by atoms with van der Waals surface area (Å²) in [5.41, 5.74) is 0. The zero-order valence-electron chi connectivity index (χ0n) is 12.0. The molecule has 0 spiro atoms. The zero-order chi connectivity index (χ0) is 13.8. The van der Waals surface area contributed by atoms with Crippen LogP contribution in [0.3, 0.4) is 0 Å². The second kappa shape index (κ2) is 6.17. The van der Waals surface area contributed by atoms with Crippen molar-refractivity contribution >= 4 is 11.8 Å². The van der Waals surface area contributed by atoms with Crippen LogP contribution < -0.4 is 10.2 Å². The molecule has 0 aliphatic heterocycles. The molecule has 1 aromatic heterocycles. The summed E-state index contributed by atoms with van der Waals surface area (Å²) in [5.74, 6) is 1.07. The van der Waals surface area contributed by atoms with Crippen molar-refractivity contribution in [3.05, 3.63) is 12.0 Å². The minimum Gasteiger partial charge on any atom is -0.357 e. The Morgan fingerprint density at radius 2 is 2.11 bits per heavy atom. The van der Waals surface area contributed by atoms with E-state index in [4.69, 9.17) is 0 Å². The van der Waals surface area contributed by atoms with Crippen LogP contribution in [-0.4, -0.2) is 29.6 Å². The number of aromatic nitrogens is 2. The van der Waals surface area contributed by atoms with E-state index in [0.29, 0.717) is 23.7 Å². The topological polar surface area (TPSA) is 41.1 Å². The summed E-state index contributed by atoms with van der Waals surface area (Å²) in [4.78, 5) is 10.4. The van der Waals surface area contributed by atoms with Gasteiger partial charge in [0.2, 0.25) is 5.95 Å². The Kier molecular flexibility index (Phi) is 4.56. The molecule has 4 nitrogen and oxygen atoms in total. The molecule has 0 radical (unpaired) electrons. The largest absolute Gasteiger partial charge is 0.357 e. The highest BCUT2D eigenvalue weighted by Gasteiger charge is 2.26. The van der Waals surface area contributed by atoms with E-state index in [0.717, 1.165) is 19.4 Å². The molecular weight excluding hydrogens is 243 g/mol. The van der Waals surface area contributed by atoms with Gasteiger partial charge in [-0.25, -0.2) is 9.37 Å². The smallest absolute Gasteiger partial charge is 0.224 e. The first-order valence-electron chi connectivity index (χ1n) is 7.08. The van der Waals surface area contributed by atoms with Gasteiger partial charge in [-0.15, -0.1) is 0 Å². The fourth-order valence-corrected chi connectivity index (χ4v) is 2.70. The third-order valence-electron chi connectivity index (χ3n) is 3.55. The quantitative estimate of drug-likeness (QED) is 0.889. The van der Waals surface area contributed by atoms with E-state index in [1.807, 2.05) is 0 Å². The average Bonchev–Trinajstić information content (AvgIpc) is 2.90. The average molecular weight is 266 g/mol. The first-order chi connectivity index (χ1) is 9.11. The van der Waals surface area contributed by atoms with Gasteiger partial charge in [0.25, 0.3) is 0 Å². The van der Waals surface area contributed by atoms with Crippen LogP contribution in [0.4, 0.5) is 16.2 Å². The molecule has 106 valence electrons. The van der Waals surface area contributed by atoms with Crippen LogP contribution in [0.1, 0.15) is 39.5 Å². The van der Waals surface area contributed by atoms with Gasteiger partial charge in [0.1, 0.15) is 0 Å². The van der Waals surface area contributed by atoms with Gasteiger partial charge in [0.15, 0.2) is 11.6 Å². The Bertz CT molecular complexity index is 416. The number of halogens is 1. The Balaban J connectivity index is 2.30. The summed E-state index contributed by atoms with van der Waals surface area (Å²) in [6.45, 7) is 5.14. The number of rotatable bonds is 5. The molecule has 0 aromatic carbocycles. The maximum Gasteiger partial charge on any atom is 0.224 e. The third kappa shape index (κ3) is 3.33. The fraction of sp³-hybridized carbons (Fsp3) is 0.714. The van der Waals surface area contributed by atoms with E-state index in [1.165, 1.54) is 19.0 Å². The SMILES string of the molecule is CNc1ncc(F)c(N(CC(C)C)C2CCCC2)n1. The lowest BCUT2D eigenvalue weighted by atomic mass is 10.1. The number of hydrogen-bond acceptors (Lipinski definition) is 4. The number of nitrogens with zero attached hydrogens (tertiary/aromatic N) is 3. The lowest BCUT2D eigenvalue weighted by Gasteiger charge is -2.31. The lowest BCUT2D eigenvalue weighted by molar-refractivity contribution is 0.512. The summed E-state index contributed by atoms with van der Waals surface area (Å²) in [6.07, 6.45) is 5.97. The molecule has 1 N–H and O–H groups in total. The molecular formula is C14H23FN4. The Morgan fingerprint density at radius 3 is 2.68 bits per heavy atom. The normalized spacial score (nSPS) is 16.1.